The molecule has 3 heteroatoms. The van der Waals surface area contributed by atoms with Crippen molar-refractivity contribution in [2.75, 3.05) is 26.7 Å². The number of rotatable bonds is 5. The number of benzene rings is 1. The molecule has 1 N–H and O–H groups in total. The average Bonchev–Trinajstić information content (AvgIpc) is 2.72. The van der Waals surface area contributed by atoms with Crippen molar-refractivity contribution in [3.63, 3.8) is 0 Å². The third-order valence-electron chi connectivity index (χ3n) is 4.35. The quantitative estimate of drug-likeness (QED) is 0.893. The second kappa shape index (κ2) is 7.65. The zero-order valence-corrected chi connectivity index (χ0v) is 13.1. The van der Waals surface area contributed by atoms with Gasteiger partial charge in [0.2, 0.25) is 0 Å². The number of hydrogen-bond acceptors (Lipinski definition) is 3. The lowest BCUT2D eigenvalue weighted by atomic mass is 10.0. The van der Waals surface area contributed by atoms with Gasteiger partial charge in [0.05, 0.1) is 7.11 Å². The molecule has 1 aromatic carbocycles. The number of methoxy groups -OCH3 is 1. The summed E-state index contributed by atoms with van der Waals surface area (Å²) < 4.78 is 5.31. The van der Waals surface area contributed by atoms with Crippen molar-refractivity contribution >= 4 is 0 Å². The van der Waals surface area contributed by atoms with E-state index in [1.807, 2.05) is 6.07 Å². The summed E-state index contributed by atoms with van der Waals surface area (Å²) in [5.74, 6) is 0.939. The summed E-state index contributed by atoms with van der Waals surface area (Å²) in [6, 6.07) is 9.39. The summed E-state index contributed by atoms with van der Waals surface area (Å²) in [6.45, 7) is 8.16. The van der Waals surface area contributed by atoms with Gasteiger partial charge >= 0.3 is 0 Å². The Labute approximate surface area is 123 Å². The molecule has 0 aromatic heterocycles. The van der Waals surface area contributed by atoms with Crippen LogP contribution in [-0.2, 0) is 0 Å². The number of nitrogens with zero attached hydrogens (tertiary/aromatic N) is 1. The van der Waals surface area contributed by atoms with Gasteiger partial charge in [-0.05, 0) is 63.5 Å². The minimum absolute atomic E-state index is 0.378. The summed E-state index contributed by atoms with van der Waals surface area (Å²) in [7, 11) is 1.72. The molecule has 1 aliphatic heterocycles. The van der Waals surface area contributed by atoms with Crippen LogP contribution in [0.15, 0.2) is 24.3 Å². The molecule has 1 aliphatic rings. The van der Waals surface area contributed by atoms with E-state index in [4.69, 9.17) is 4.74 Å². The molecule has 0 spiro atoms. The maximum Gasteiger partial charge on any atom is 0.119 e. The van der Waals surface area contributed by atoms with Crippen LogP contribution in [0.25, 0.3) is 0 Å². The molecule has 3 nitrogen and oxygen atoms in total. The molecule has 0 saturated carbocycles. The predicted octanol–water partition coefficient (Wildman–Crippen LogP) is 3.22. The van der Waals surface area contributed by atoms with Crippen molar-refractivity contribution in [2.24, 2.45) is 0 Å². The highest BCUT2D eigenvalue weighted by Crippen LogP contribution is 2.21. The van der Waals surface area contributed by atoms with Gasteiger partial charge in [0.25, 0.3) is 0 Å². The molecule has 1 heterocycles. The van der Waals surface area contributed by atoms with Crippen LogP contribution in [0.4, 0.5) is 0 Å². The topological polar surface area (TPSA) is 24.5 Å². The number of hydrogen-bond donors (Lipinski definition) is 1. The van der Waals surface area contributed by atoms with E-state index in [0.717, 1.165) is 5.75 Å². The molecule has 0 aliphatic carbocycles. The second-order valence-electron chi connectivity index (χ2n) is 5.73. The van der Waals surface area contributed by atoms with E-state index in [1.165, 1.54) is 44.5 Å². The van der Waals surface area contributed by atoms with Crippen LogP contribution < -0.4 is 10.1 Å². The van der Waals surface area contributed by atoms with Crippen LogP contribution >= 0.6 is 0 Å². The van der Waals surface area contributed by atoms with Gasteiger partial charge in [-0.15, -0.1) is 0 Å². The maximum absolute atomic E-state index is 5.31. The standard InChI is InChI=1S/C17H28N2O/c1-4-19-11-6-8-16(10-12-19)18-14(2)15-7-5-9-17(13-15)20-3/h5,7,9,13-14,16,18H,4,6,8,10-12H2,1-3H3/t14-,16?/m1/s1. The van der Waals surface area contributed by atoms with Crippen LogP contribution in [0.3, 0.4) is 0 Å². The lowest BCUT2D eigenvalue weighted by Gasteiger charge is -2.23. The highest BCUT2D eigenvalue weighted by Gasteiger charge is 2.18. The third-order valence-corrected chi connectivity index (χ3v) is 4.35. The summed E-state index contributed by atoms with van der Waals surface area (Å²) in [6.07, 6.45) is 3.84. The highest BCUT2D eigenvalue weighted by atomic mass is 16.5. The van der Waals surface area contributed by atoms with Crippen molar-refractivity contribution in [1.82, 2.24) is 10.2 Å². The number of ether oxygens (including phenoxy) is 1. The van der Waals surface area contributed by atoms with Crippen LogP contribution in [-0.4, -0.2) is 37.7 Å². The van der Waals surface area contributed by atoms with Gasteiger partial charge in [-0.25, -0.2) is 0 Å². The first-order valence-electron chi connectivity index (χ1n) is 7.85. The Morgan fingerprint density at radius 1 is 1.35 bits per heavy atom. The van der Waals surface area contributed by atoms with E-state index >= 15 is 0 Å². The molecule has 1 fully saturated rings. The first-order valence-corrected chi connectivity index (χ1v) is 7.85. The summed E-state index contributed by atoms with van der Waals surface area (Å²) in [5, 5.41) is 3.79. The molecule has 0 radical (unpaired) electrons. The maximum atomic E-state index is 5.31. The fourth-order valence-electron chi connectivity index (χ4n) is 3.00. The number of likely N-dealkylation sites (tertiary alicyclic amines) is 1. The number of nitrogens with one attached hydrogen (secondary N) is 1. The van der Waals surface area contributed by atoms with E-state index in [-0.39, 0.29) is 0 Å². The molecule has 0 bridgehead atoms. The minimum Gasteiger partial charge on any atom is -0.497 e. The molecular formula is C17H28N2O. The Bertz CT molecular complexity index is 408. The summed E-state index contributed by atoms with van der Waals surface area (Å²) in [5.41, 5.74) is 1.31. The van der Waals surface area contributed by atoms with Gasteiger partial charge in [-0.3, -0.25) is 0 Å². The lowest BCUT2D eigenvalue weighted by Crippen LogP contribution is -2.33. The van der Waals surface area contributed by atoms with Gasteiger partial charge in [-0.2, -0.15) is 0 Å². The predicted molar refractivity (Wildman–Crippen MR) is 84.3 cm³/mol. The molecular weight excluding hydrogens is 248 g/mol. The normalized spacial score (nSPS) is 22.2. The van der Waals surface area contributed by atoms with Crippen LogP contribution in [0.5, 0.6) is 5.75 Å². The third kappa shape index (κ3) is 4.22. The molecule has 1 unspecified atom stereocenters. The monoisotopic (exact) mass is 276 g/mol. The summed E-state index contributed by atoms with van der Waals surface area (Å²) in [4.78, 5) is 2.55. The summed E-state index contributed by atoms with van der Waals surface area (Å²) >= 11 is 0. The van der Waals surface area contributed by atoms with E-state index in [2.05, 4.69) is 42.3 Å². The molecule has 2 atom stereocenters. The Morgan fingerprint density at radius 2 is 2.20 bits per heavy atom. The Balaban J connectivity index is 1.91. The Morgan fingerprint density at radius 3 is 2.95 bits per heavy atom. The van der Waals surface area contributed by atoms with Crippen molar-refractivity contribution in [3.05, 3.63) is 29.8 Å². The van der Waals surface area contributed by atoms with Gasteiger partial charge in [0.15, 0.2) is 0 Å². The smallest absolute Gasteiger partial charge is 0.119 e. The van der Waals surface area contributed by atoms with Gasteiger partial charge in [0, 0.05) is 12.1 Å². The van der Waals surface area contributed by atoms with E-state index in [0.29, 0.717) is 12.1 Å². The molecule has 1 saturated heterocycles. The van der Waals surface area contributed by atoms with Crippen LogP contribution in [0.2, 0.25) is 0 Å². The van der Waals surface area contributed by atoms with E-state index < -0.39 is 0 Å². The second-order valence-corrected chi connectivity index (χ2v) is 5.73. The highest BCUT2D eigenvalue weighted by molar-refractivity contribution is 5.30. The Hall–Kier alpha value is -1.06. The van der Waals surface area contributed by atoms with Crippen molar-refractivity contribution in [2.45, 2.75) is 45.2 Å². The fraction of sp³-hybridized carbons (Fsp3) is 0.647. The average molecular weight is 276 g/mol. The first-order chi connectivity index (χ1) is 9.72. The van der Waals surface area contributed by atoms with Gasteiger partial charge in [-0.1, -0.05) is 19.1 Å². The molecule has 0 amide bonds. The van der Waals surface area contributed by atoms with Crippen LogP contribution in [0.1, 0.15) is 44.7 Å². The van der Waals surface area contributed by atoms with Gasteiger partial charge in [0.1, 0.15) is 5.75 Å². The molecule has 2 rings (SSSR count). The van der Waals surface area contributed by atoms with E-state index in [9.17, 15) is 0 Å². The van der Waals surface area contributed by atoms with E-state index in [1.54, 1.807) is 7.11 Å². The van der Waals surface area contributed by atoms with Crippen LogP contribution in [0, 0.1) is 0 Å². The Kier molecular flexibility index (Phi) is 5.86. The van der Waals surface area contributed by atoms with Crippen molar-refractivity contribution < 1.29 is 4.74 Å². The zero-order chi connectivity index (χ0) is 14.4. The van der Waals surface area contributed by atoms with Crippen molar-refractivity contribution in [1.29, 1.82) is 0 Å². The lowest BCUT2D eigenvalue weighted by molar-refractivity contribution is 0.295. The minimum atomic E-state index is 0.378. The SMILES string of the molecule is CCN1CCCC(N[C@H](C)c2cccc(OC)c2)CC1. The molecule has 112 valence electrons. The van der Waals surface area contributed by atoms with Crippen molar-refractivity contribution in [3.8, 4) is 5.75 Å². The fourth-order valence-corrected chi connectivity index (χ4v) is 3.00. The largest absolute Gasteiger partial charge is 0.497 e. The first kappa shape index (κ1) is 15.3. The molecule has 1 aromatic rings. The zero-order valence-electron chi connectivity index (χ0n) is 13.1. The molecule has 20 heavy (non-hydrogen) atoms. The van der Waals surface area contributed by atoms with Gasteiger partial charge < -0.3 is 15.0 Å².